The highest BCUT2D eigenvalue weighted by Crippen LogP contribution is 2.45. The van der Waals surface area contributed by atoms with Crippen LogP contribution >= 0.6 is 22.7 Å². The van der Waals surface area contributed by atoms with Crippen molar-refractivity contribution in [1.82, 2.24) is 9.97 Å². The predicted octanol–water partition coefficient (Wildman–Crippen LogP) is 6.16. The zero-order chi connectivity index (χ0) is 22.2. The van der Waals surface area contributed by atoms with E-state index in [4.69, 9.17) is 28.9 Å². The van der Waals surface area contributed by atoms with Gasteiger partial charge in [0.25, 0.3) is 0 Å². The molecular weight excluding hydrogens is 444 g/mol. The Morgan fingerprint density at radius 1 is 0.469 bits per heavy atom. The first kappa shape index (κ1) is 20.5. The Morgan fingerprint density at radius 2 is 0.719 bits per heavy atom. The molecule has 2 aliphatic rings. The fourth-order valence-corrected chi connectivity index (χ4v) is 5.94. The molecule has 0 radical (unpaired) electrons. The van der Waals surface area contributed by atoms with Crippen molar-refractivity contribution in [2.75, 3.05) is 28.4 Å². The van der Waals surface area contributed by atoms with Crippen LogP contribution in [0.4, 0.5) is 0 Å². The highest BCUT2D eigenvalue weighted by atomic mass is 32.1. The zero-order valence-corrected chi connectivity index (χ0v) is 19.6. The lowest BCUT2D eigenvalue weighted by Gasteiger charge is -2.01. The summed E-state index contributed by atoms with van der Waals surface area (Å²) in [5.41, 5.74) is 3.33. The number of rotatable bonds is 4. The van der Waals surface area contributed by atoms with Gasteiger partial charge in [0.2, 0.25) is 0 Å². The molecule has 0 saturated heterocycles. The van der Waals surface area contributed by atoms with E-state index in [2.05, 4.69) is 0 Å². The fraction of sp³-hybridized carbons (Fsp3) is 0.167. The lowest BCUT2D eigenvalue weighted by molar-refractivity contribution is 0.363. The molecule has 0 unspecified atom stereocenters. The number of hydrogen-bond acceptors (Lipinski definition) is 8. The molecule has 5 rings (SSSR count). The maximum Gasteiger partial charge on any atom is 0.179 e. The van der Waals surface area contributed by atoms with E-state index in [1.807, 2.05) is 48.6 Å². The first-order valence-electron chi connectivity index (χ1n) is 9.79. The van der Waals surface area contributed by atoms with Crippen molar-refractivity contribution >= 4 is 65.8 Å². The molecule has 0 amide bonds. The average Bonchev–Trinajstić information content (AvgIpc) is 3.55. The summed E-state index contributed by atoms with van der Waals surface area (Å²) >= 11 is 3.15. The smallest absolute Gasteiger partial charge is 0.179 e. The van der Waals surface area contributed by atoms with Crippen molar-refractivity contribution in [2.45, 2.75) is 0 Å². The van der Waals surface area contributed by atoms with Gasteiger partial charge in [0.15, 0.2) is 23.0 Å². The molecule has 6 nitrogen and oxygen atoms in total. The number of hydrogen-bond donors (Lipinski definition) is 0. The predicted molar refractivity (Wildman–Crippen MR) is 132 cm³/mol. The van der Waals surface area contributed by atoms with E-state index in [0.29, 0.717) is 23.0 Å². The van der Waals surface area contributed by atoms with E-state index in [0.717, 1.165) is 41.6 Å². The molecule has 0 aliphatic carbocycles. The second-order valence-electron chi connectivity index (χ2n) is 6.96. The van der Waals surface area contributed by atoms with Crippen molar-refractivity contribution in [1.29, 1.82) is 0 Å². The Kier molecular flexibility index (Phi) is 5.32. The topological polar surface area (TPSA) is 62.7 Å². The molecule has 3 aromatic rings. The van der Waals surface area contributed by atoms with Crippen LogP contribution in [0.25, 0.3) is 43.1 Å². The minimum Gasteiger partial charge on any atom is -0.491 e. The van der Waals surface area contributed by atoms with Crippen LogP contribution in [0.1, 0.15) is 22.8 Å². The maximum atomic E-state index is 5.67. The highest BCUT2D eigenvalue weighted by molar-refractivity contribution is 7.24. The zero-order valence-electron chi connectivity index (χ0n) is 18.0. The number of fused-ring (bicyclic) bond motifs is 8. The number of thiophene rings is 2. The molecule has 0 atom stereocenters. The Balaban J connectivity index is 1.92. The summed E-state index contributed by atoms with van der Waals surface area (Å²) in [6.45, 7) is 0. The van der Waals surface area contributed by atoms with E-state index >= 15 is 0 Å². The van der Waals surface area contributed by atoms with Crippen molar-refractivity contribution < 1.29 is 18.9 Å². The third-order valence-corrected chi connectivity index (χ3v) is 7.14. The summed E-state index contributed by atoms with van der Waals surface area (Å²) in [7, 11) is 6.59. The number of ether oxygens (including phenoxy) is 4. The molecule has 0 saturated carbocycles. The van der Waals surface area contributed by atoms with Crippen LogP contribution in [0, 0.1) is 0 Å². The van der Waals surface area contributed by atoms with Crippen molar-refractivity contribution in [3.63, 3.8) is 0 Å². The van der Waals surface area contributed by atoms with Crippen LogP contribution in [0.3, 0.4) is 0 Å². The maximum absolute atomic E-state index is 5.67. The standard InChI is InChI=1S/C24H20N2O4S2/c1-27-21-17-9-13-5-6-15(25-13)11-19-23(29-3)24(30-4)20(32-19)12-16-8-7-14(26-16)10-18(31-17)22(21)28-2/h5-12H,1-4H3. The van der Waals surface area contributed by atoms with Crippen molar-refractivity contribution in [2.24, 2.45) is 0 Å². The fourth-order valence-electron chi connectivity index (χ4n) is 3.67. The van der Waals surface area contributed by atoms with Crippen molar-refractivity contribution in [3.8, 4) is 23.0 Å². The lowest BCUT2D eigenvalue weighted by atomic mass is 10.3. The first-order valence-corrected chi connectivity index (χ1v) is 11.4. The van der Waals surface area contributed by atoms with Gasteiger partial charge in [0.1, 0.15) is 0 Å². The number of methoxy groups -OCH3 is 4. The average molecular weight is 465 g/mol. The molecule has 0 N–H and O–H groups in total. The highest BCUT2D eigenvalue weighted by Gasteiger charge is 2.16. The van der Waals surface area contributed by atoms with Gasteiger partial charge in [0, 0.05) is 0 Å². The number of aromatic nitrogens is 2. The lowest BCUT2D eigenvalue weighted by Crippen LogP contribution is -1.87. The van der Waals surface area contributed by atoms with Crippen LogP contribution in [0.5, 0.6) is 23.0 Å². The van der Waals surface area contributed by atoms with Gasteiger partial charge in [-0.05, 0) is 48.6 Å². The van der Waals surface area contributed by atoms with Gasteiger partial charge in [-0.15, -0.1) is 22.7 Å². The molecule has 162 valence electrons. The Hall–Kier alpha value is -3.36. The Labute approximate surface area is 193 Å². The molecular formula is C24H20N2O4S2. The van der Waals surface area contributed by atoms with Crippen LogP contribution in [0.15, 0.2) is 24.3 Å². The Bertz CT molecular complexity index is 1230. The molecule has 8 bridgehead atoms. The summed E-state index contributed by atoms with van der Waals surface area (Å²) in [6, 6.07) is 8.01. The summed E-state index contributed by atoms with van der Waals surface area (Å²) in [5, 5.41) is 0. The van der Waals surface area contributed by atoms with E-state index < -0.39 is 0 Å². The molecule has 0 spiro atoms. The summed E-state index contributed by atoms with van der Waals surface area (Å²) in [4.78, 5) is 9.51. The summed E-state index contributed by atoms with van der Waals surface area (Å²) < 4.78 is 26.4. The molecule has 0 aromatic carbocycles. The third-order valence-electron chi connectivity index (χ3n) is 5.05. The second kappa shape index (κ2) is 8.29. The normalized spacial score (nSPS) is 12.1. The van der Waals surface area contributed by atoms with Crippen LogP contribution in [-0.4, -0.2) is 38.4 Å². The Morgan fingerprint density at radius 3 is 0.938 bits per heavy atom. The molecule has 5 heterocycles. The van der Waals surface area contributed by atoms with Crippen LogP contribution < -0.4 is 18.9 Å². The second-order valence-corrected chi connectivity index (χ2v) is 9.13. The monoisotopic (exact) mass is 464 g/mol. The van der Waals surface area contributed by atoms with Gasteiger partial charge in [-0.1, -0.05) is 0 Å². The van der Waals surface area contributed by atoms with E-state index in [9.17, 15) is 0 Å². The minimum absolute atomic E-state index is 0.689. The van der Waals surface area contributed by atoms with Gasteiger partial charge < -0.3 is 18.9 Å². The summed E-state index contributed by atoms with van der Waals surface area (Å²) in [5.74, 6) is 2.75. The van der Waals surface area contributed by atoms with Gasteiger partial charge >= 0.3 is 0 Å². The summed E-state index contributed by atoms with van der Waals surface area (Å²) in [6.07, 6.45) is 7.92. The molecule has 8 heteroatoms. The third kappa shape index (κ3) is 3.51. The molecule has 0 fully saturated rings. The van der Waals surface area contributed by atoms with Crippen LogP contribution in [0.2, 0.25) is 0 Å². The van der Waals surface area contributed by atoms with Crippen molar-refractivity contribution in [3.05, 3.63) is 47.0 Å². The van der Waals surface area contributed by atoms with E-state index in [1.54, 1.807) is 51.1 Å². The van der Waals surface area contributed by atoms with E-state index in [-0.39, 0.29) is 0 Å². The van der Waals surface area contributed by atoms with Gasteiger partial charge in [-0.2, -0.15) is 0 Å². The van der Waals surface area contributed by atoms with Gasteiger partial charge in [-0.3, -0.25) is 0 Å². The first-order chi connectivity index (χ1) is 15.6. The van der Waals surface area contributed by atoms with E-state index in [1.165, 1.54) is 0 Å². The molecule has 32 heavy (non-hydrogen) atoms. The SMILES string of the molecule is COc1c(OC)c2cc3nc(cc4sc(cc5nc(cc1s2)C=C5)c(OC)c4OC)C=C3. The molecule has 3 aromatic heterocycles. The van der Waals surface area contributed by atoms with Crippen LogP contribution in [-0.2, 0) is 0 Å². The molecule has 2 aliphatic heterocycles. The van der Waals surface area contributed by atoms with Gasteiger partial charge in [-0.25, -0.2) is 9.97 Å². The largest absolute Gasteiger partial charge is 0.491 e. The quantitative estimate of drug-likeness (QED) is 0.318. The minimum atomic E-state index is 0.689. The number of nitrogens with zero attached hydrogens (tertiary/aromatic N) is 2. The van der Waals surface area contributed by atoms with Gasteiger partial charge in [0.05, 0.1) is 70.0 Å².